The van der Waals surface area contributed by atoms with Crippen molar-refractivity contribution in [2.75, 3.05) is 24.3 Å². The molecule has 0 aromatic rings. The third-order valence-electron chi connectivity index (χ3n) is 4.89. The number of thiol groups is 1. The van der Waals surface area contributed by atoms with Crippen molar-refractivity contribution in [2.45, 2.75) is 56.3 Å². The lowest BCUT2D eigenvalue weighted by atomic mass is 10.1. The molecule has 11 nitrogen and oxygen atoms in total. The Morgan fingerprint density at radius 2 is 1.87 bits per heavy atom. The second-order valence-corrected chi connectivity index (χ2v) is 8.58. The van der Waals surface area contributed by atoms with Crippen LogP contribution >= 0.6 is 24.4 Å². The number of nitrogens with zero attached hydrogens (tertiary/aromatic N) is 1. The van der Waals surface area contributed by atoms with E-state index in [1.54, 1.807) is 0 Å². The molecule has 176 valence electrons. The fraction of sp³-hybridized carbons (Fsp3) is 0.722. The molecule has 1 fully saturated rings. The number of hydrogen-bond donors (Lipinski definition) is 6. The lowest BCUT2D eigenvalue weighted by Gasteiger charge is -2.29. The third kappa shape index (κ3) is 8.57. The zero-order chi connectivity index (χ0) is 23.6. The Labute approximate surface area is 190 Å². The van der Waals surface area contributed by atoms with E-state index in [1.807, 2.05) is 6.26 Å². The van der Waals surface area contributed by atoms with Crippen LogP contribution in [0.15, 0.2) is 0 Å². The van der Waals surface area contributed by atoms with E-state index in [2.05, 4.69) is 23.3 Å². The van der Waals surface area contributed by atoms with Crippen LogP contribution in [0, 0.1) is 0 Å². The minimum absolute atomic E-state index is 0.0461. The standard InChI is InChI=1S/C18H31N5O6S2/c1-31-8-6-12(18(28)29)22-16(26)13-3-2-7-23(13)17(27)11(4-5-14(20)24)21-15(25)10(19)9-30/h10-13,30H,2-9,19H2,1H3,(H2,20,24)(H,21,25)(H,22,26)(H,28,29). The van der Waals surface area contributed by atoms with E-state index in [1.165, 1.54) is 16.7 Å². The largest absolute Gasteiger partial charge is 0.480 e. The van der Waals surface area contributed by atoms with E-state index >= 15 is 0 Å². The zero-order valence-electron chi connectivity index (χ0n) is 17.4. The molecule has 31 heavy (non-hydrogen) atoms. The number of hydrogen-bond acceptors (Lipinski definition) is 8. The number of primary amides is 1. The number of carboxylic acids is 1. The van der Waals surface area contributed by atoms with Gasteiger partial charge in [0.1, 0.15) is 18.1 Å². The van der Waals surface area contributed by atoms with Gasteiger partial charge in [0, 0.05) is 18.7 Å². The van der Waals surface area contributed by atoms with Gasteiger partial charge in [-0.1, -0.05) is 0 Å². The summed E-state index contributed by atoms with van der Waals surface area (Å²) in [7, 11) is 0. The molecule has 0 aromatic heterocycles. The number of aliphatic carboxylic acids is 1. The summed E-state index contributed by atoms with van der Waals surface area (Å²) >= 11 is 5.42. The maximum atomic E-state index is 13.1. The third-order valence-corrected chi connectivity index (χ3v) is 5.93. The average molecular weight is 478 g/mol. The molecule has 0 bridgehead atoms. The Morgan fingerprint density at radius 3 is 2.42 bits per heavy atom. The van der Waals surface area contributed by atoms with Crippen molar-refractivity contribution in [1.29, 1.82) is 0 Å². The monoisotopic (exact) mass is 477 g/mol. The van der Waals surface area contributed by atoms with Crippen molar-refractivity contribution in [1.82, 2.24) is 15.5 Å². The van der Waals surface area contributed by atoms with Gasteiger partial charge in [0.25, 0.3) is 0 Å². The van der Waals surface area contributed by atoms with Crippen LogP contribution in [-0.4, -0.2) is 88.1 Å². The van der Waals surface area contributed by atoms with Gasteiger partial charge in [-0.25, -0.2) is 4.79 Å². The minimum Gasteiger partial charge on any atom is -0.480 e. The number of carbonyl (C=O) groups excluding carboxylic acids is 4. The average Bonchev–Trinajstić information content (AvgIpc) is 3.22. The minimum atomic E-state index is -1.15. The molecule has 7 N–H and O–H groups in total. The van der Waals surface area contributed by atoms with Gasteiger partial charge in [-0.2, -0.15) is 24.4 Å². The zero-order valence-corrected chi connectivity index (χ0v) is 19.1. The summed E-state index contributed by atoms with van der Waals surface area (Å²) in [5.41, 5.74) is 10.8. The van der Waals surface area contributed by atoms with Crippen LogP contribution in [0.4, 0.5) is 0 Å². The molecular formula is C18H31N5O6S2. The molecule has 0 saturated carbocycles. The fourth-order valence-electron chi connectivity index (χ4n) is 3.17. The van der Waals surface area contributed by atoms with Gasteiger partial charge in [0.15, 0.2) is 0 Å². The number of carboxylic acid groups (broad SMARTS) is 1. The molecule has 13 heteroatoms. The van der Waals surface area contributed by atoms with Gasteiger partial charge >= 0.3 is 5.97 Å². The number of thioether (sulfide) groups is 1. The maximum Gasteiger partial charge on any atom is 0.326 e. The summed E-state index contributed by atoms with van der Waals surface area (Å²) < 4.78 is 0. The molecule has 1 rings (SSSR count). The number of rotatable bonds is 13. The van der Waals surface area contributed by atoms with E-state index in [4.69, 9.17) is 11.5 Å². The van der Waals surface area contributed by atoms with Gasteiger partial charge in [-0.3, -0.25) is 19.2 Å². The summed E-state index contributed by atoms with van der Waals surface area (Å²) in [5.74, 6) is -2.90. The van der Waals surface area contributed by atoms with Crippen LogP contribution in [0.1, 0.15) is 32.1 Å². The summed E-state index contributed by atoms with van der Waals surface area (Å²) in [4.78, 5) is 61.9. The molecule has 1 aliphatic heterocycles. The van der Waals surface area contributed by atoms with Crippen LogP contribution in [0.2, 0.25) is 0 Å². The second kappa shape index (κ2) is 13.4. The Hall–Kier alpha value is -1.99. The van der Waals surface area contributed by atoms with Crippen molar-refractivity contribution in [3.8, 4) is 0 Å². The second-order valence-electron chi connectivity index (χ2n) is 7.23. The quantitative estimate of drug-likeness (QED) is 0.170. The van der Waals surface area contributed by atoms with Crippen molar-refractivity contribution in [3.05, 3.63) is 0 Å². The van der Waals surface area contributed by atoms with E-state index in [0.717, 1.165) is 0 Å². The van der Waals surface area contributed by atoms with Gasteiger partial charge < -0.3 is 32.1 Å². The molecule has 4 unspecified atom stereocenters. The van der Waals surface area contributed by atoms with Crippen molar-refractivity contribution < 1.29 is 29.1 Å². The Morgan fingerprint density at radius 1 is 1.19 bits per heavy atom. The first-order valence-electron chi connectivity index (χ1n) is 9.90. The molecule has 1 heterocycles. The van der Waals surface area contributed by atoms with Gasteiger partial charge in [-0.05, 0) is 37.7 Å². The normalized spacial score (nSPS) is 18.7. The van der Waals surface area contributed by atoms with Gasteiger partial charge in [-0.15, -0.1) is 0 Å². The maximum absolute atomic E-state index is 13.1. The van der Waals surface area contributed by atoms with E-state index in [0.29, 0.717) is 18.6 Å². The molecule has 4 atom stereocenters. The highest BCUT2D eigenvalue weighted by molar-refractivity contribution is 7.98. The predicted molar refractivity (Wildman–Crippen MR) is 119 cm³/mol. The lowest BCUT2D eigenvalue weighted by Crippen LogP contribution is -2.57. The molecule has 4 amide bonds. The number of amides is 4. The summed E-state index contributed by atoms with van der Waals surface area (Å²) in [5, 5.41) is 14.3. The van der Waals surface area contributed by atoms with E-state index in [-0.39, 0.29) is 31.6 Å². The summed E-state index contributed by atoms with van der Waals surface area (Å²) in [6.45, 7) is 0.265. The molecule has 1 aliphatic rings. The SMILES string of the molecule is CSCCC(NC(=O)C1CCCN1C(=O)C(CCC(N)=O)NC(=O)C(N)CS)C(=O)O. The van der Waals surface area contributed by atoms with Gasteiger partial charge in [0.05, 0.1) is 6.04 Å². The molecule has 1 saturated heterocycles. The molecule has 0 aromatic carbocycles. The highest BCUT2D eigenvalue weighted by Gasteiger charge is 2.39. The van der Waals surface area contributed by atoms with Crippen LogP contribution in [0.5, 0.6) is 0 Å². The smallest absolute Gasteiger partial charge is 0.326 e. The first kappa shape index (κ1) is 27.0. The predicted octanol–water partition coefficient (Wildman–Crippen LogP) is -1.69. The fourth-order valence-corrected chi connectivity index (χ4v) is 3.81. The Bertz CT molecular complexity index is 680. The van der Waals surface area contributed by atoms with Crippen LogP contribution in [0.3, 0.4) is 0 Å². The summed E-state index contributed by atoms with van der Waals surface area (Å²) in [6, 6.07) is -3.96. The Kier molecular flexibility index (Phi) is 11.7. The van der Waals surface area contributed by atoms with Gasteiger partial charge in [0.2, 0.25) is 23.6 Å². The van der Waals surface area contributed by atoms with Crippen molar-refractivity contribution in [3.63, 3.8) is 0 Å². The van der Waals surface area contributed by atoms with E-state index in [9.17, 15) is 29.1 Å². The van der Waals surface area contributed by atoms with Crippen molar-refractivity contribution in [2.24, 2.45) is 11.5 Å². The number of nitrogens with one attached hydrogen (secondary N) is 2. The van der Waals surface area contributed by atoms with Crippen molar-refractivity contribution >= 4 is 54.0 Å². The molecule has 0 radical (unpaired) electrons. The topological polar surface area (TPSA) is 185 Å². The molecular weight excluding hydrogens is 446 g/mol. The van der Waals surface area contributed by atoms with E-state index < -0.39 is 53.8 Å². The highest BCUT2D eigenvalue weighted by Crippen LogP contribution is 2.20. The highest BCUT2D eigenvalue weighted by atomic mass is 32.2. The number of likely N-dealkylation sites (tertiary alicyclic amines) is 1. The summed E-state index contributed by atoms with van der Waals surface area (Å²) in [6.07, 6.45) is 2.79. The first-order valence-corrected chi connectivity index (χ1v) is 11.9. The number of nitrogens with two attached hydrogens (primary N) is 2. The molecule has 0 aliphatic carbocycles. The molecule has 0 spiro atoms. The van der Waals surface area contributed by atoms with Crippen LogP contribution < -0.4 is 22.1 Å². The van der Waals surface area contributed by atoms with Crippen LogP contribution in [-0.2, 0) is 24.0 Å². The Balaban J connectivity index is 2.93. The first-order chi connectivity index (χ1) is 14.6. The van der Waals surface area contributed by atoms with Crippen LogP contribution in [0.25, 0.3) is 0 Å². The number of carbonyl (C=O) groups is 5. The lowest BCUT2D eigenvalue weighted by molar-refractivity contribution is -0.145.